The largest absolute Gasteiger partial charge is 0.494 e. The van der Waals surface area contributed by atoms with Crippen LogP contribution in [0.3, 0.4) is 0 Å². The molecule has 0 saturated heterocycles. The van der Waals surface area contributed by atoms with E-state index >= 15 is 0 Å². The smallest absolute Gasteiger partial charge is 0.319 e. The van der Waals surface area contributed by atoms with Crippen LogP contribution in [0.15, 0.2) is 24.3 Å². The van der Waals surface area contributed by atoms with Gasteiger partial charge in [-0.15, -0.1) is 11.8 Å². The lowest BCUT2D eigenvalue weighted by molar-refractivity contribution is -0.138. The molecule has 0 aliphatic carbocycles. The average Bonchev–Trinajstić information content (AvgIpc) is 2.28. The molecule has 0 fully saturated rings. The molecule has 0 saturated carbocycles. The fraction of sp³-hybridized carbons (Fsp3) is 0.462. The van der Waals surface area contributed by atoms with E-state index in [1.807, 2.05) is 31.2 Å². The van der Waals surface area contributed by atoms with Crippen molar-refractivity contribution in [2.24, 2.45) is 0 Å². The van der Waals surface area contributed by atoms with Crippen molar-refractivity contribution in [1.82, 2.24) is 0 Å². The Bertz CT molecular complexity index is 388. The lowest BCUT2D eigenvalue weighted by atomic mass is 10.2. The molecule has 0 bridgehead atoms. The van der Waals surface area contributed by atoms with Crippen LogP contribution in [0.1, 0.15) is 26.3 Å². The summed E-state index contributed by atoms with van der Waals surface area (Å²) in [7, 11) is 0. The van der Waals surface area contributed by atoms with Gasteiger partial charge in [0.25, 0.3) is 0 Å². The third-order valence-corrected chi connectivity index (χ3v) is 3.73. The van der Waals surface area contributed by atoms with Gasteiger partial charge in [-0.05, 0) is 26.8 Å². The maximum atomic E-state index is 11.0. The first-order valence-corrected chi connectivity index (χ1v) is 6.54. The molecule has 94 valence electrons. The van der Waals surface area contributed by atoms with E-state index in [0.717, 1.165) is 11.3 Å². The first-order valence-electron chi connectivity index (χ1n) is 5.55. The molecule has 3 nitrogen and oxygen atoms in total. The number of benzene rings is 1. The summed E-state index contributed by atoms with van der Waals surface area (Å²) >= 11 is 1.40. The monoisotopic (exact) mass is 254 g/mol. The highest BCUT2D eigenvalue weighted by molar-refractivity contribution is 8.00. The summed E-state index contributed by atoms with van der Waals surface area (Å²) < 4.78 is 4.72. The van der Waals surface area contributed by atoms with E-state index in [4.69, 9.17) is 9.84 Å². The summed E-state index contributed by atoms with van der Waals surface area (Å²) in [6.45, 7) is 5.97. The summed E-state index contributed by atoms with van der Waals surface area (Å²) in [4.78, 5) is 11.0. The fourth-order valence-corrected chi connectivity index (χ4v) is 2.12. The summed E-state index contributed by atoms with van der Waals surface area (Å²) in [5.74, 6) is 0.676. The van der Waals surface area contributed by atoms with Crippen molar-refractivity contribution in [2.45, 2.75) is 31.3 Å². The molecule has 17 heavy (non-hydrogen) atoms. The van der Waals surface area contributed by atoms with Crippen LogP contribution in [0, 0.1) is 0 Å². The maximum Gasteiger partial charge on any atom is 0.319 e. The molecule has 0 unspecified atom stereocenters. The number of hydrogen-bond acceptors (Lipinski definition) is 3. The lowest BCUT2D eigenvalue weighted by Crippen LogP contribution is -2.27. The van der Waals surface area contributed by atoms with Gasteiger partial charge in [-0.1, -0.05) is 18.2 Å². The molecule has 1 aromatic rings. The van der Waals surface area contributed by atoms with Crippen LogP contribution in [-0.2, 0) is 10.5 Å². The predicted octanol–water partition coefficient (Wildman–Crippen LogP) is 3.18. The second-order valence-electron chi connectivity index (χ2n) is 4.14. The number of ether oxygens (including phenoxy) is 1. The van der Waals surface area contributed by atoms with Crippen molar-refractivity contribution >= 4 is 17.7 Å². The zero-order valence-corrected chi connectivity index (χ0v) is 11.2. The number of hydrogen-bond donors (Lipinski definition) is 1. The Morgan fingerprint density at radius 3 is 2.65 bits per heavy atom. The highest BCUT2D eigenvalue weighted by Crippen LogP contribution is 2.31. The van der Waals surface area contributed by atoms with Crippen molar-refractivity contribution in [2.75, 3.05) is 6.61 Å². The van der Waals surface area contributed by atoms with Gasteiger partial charge >= 0.3 is 5.97 Å². The normalized spacial score (nSPS) is 11.2. The van der Waals surface area contributed by atoms with E-state index < -0.39 is 10.7 Å². The molecule has 0 aliphatic rings. The van der Waals surface area contributed by atoms with Gasteiger partial charge in [0.15, 0.2) is 0 Å². The quantitative estimate of drug-likeness (QED) is 0.847. The minimum absolute atomic E-state index is 0.615. The Kier molecular flexibility index (Phi) is 4.87. The van der Waals surface area contributed by atoms with Crippen LogP contribution >= 0.6 is 11.8 Å². The molecule has 1 aromatic carbocycles. The first-order chi connectivity index (χ1) is 7.97. The van der Waals surface area contributed by atoms with Gasteiger partial charge in [-0.25, -0.2) is 0 Å². The Balaban J connectivity index is 2.72. The maximum absolute atomic E-state index is 11.0. The Labute approximate surface area is 106 Å². The van der Waals surface area contributed by atoms with Crippen LogP contribution in [0.4, 0.5) is 0 Å². The van der Waals surface area contributed by atoms with Crippen LogP contribution in [-0.4, -0.2) is 22.4 Å². The van der Waals surface area contributed by atoms with Crippen molar-refractivity contribution in [3.8, 4) is 5.75 Å². The topological polar surface area (TPSA) is 46.5 Å². The number of carboxylic acids is 1. The van der Waals surface area contributed by atoms with Gasteiger partial charge < -0.3 is 9.84 Å². The molecule has 1 N–H and O–H groups in total. The van der Waals surface area contributed by atoms with E-state index in [9.17, 15) is 4.79 Å². The van der Waals surface area contributed by atoms with Gasteiger partial charge in [0.2, 0.25) is 0 Å². The van der Waals surface area contributed by atoms with Gasteiger partial charge in [0.1, 0.15) is 10.5 Å². The van der Waals surface area contributed by atoms with E-state index in [0.29, 0.717) is 12.4 Å². The molecule has 0 spiro atoms. The van der Waals surface area contributed by atoms with Crippen LogP contribution in [0.2, 0.25) is 0 Å². The van der Waals surface area contributed by atoms with Crippen molar-refractivity contribution in [3.05, 3.63) is 29.8 Å². The molecule has 0 amide bonds. The minimum atomic E-state index is -0.795. The molecular weight excluding hydrogens is 236 g/mol. The summed E-state index contributed by atoms with van der Waals surface area (Å²) in [5.41, 5.74) is 1.04. The molecule has 1 rings (SSSR count). The molecule has 0 atom stereocenters. The van der Waals surface area contributed by atoms with Crippen LogP contribution in [0.5, 0.6) is 5.75 Å². The third-order valence-electron chi connectivity index (χ3n) is 2.38. The van der Waals surface area contributed by atoms with Gasteiger partial charge in [0, 0.05) is 11.3 Å². The minimum Gasteiger partial charge on any atom is -0.494 e. The zero-order chi connectivity index (χ0) is 12.9. The fourth-order valence-electron chi connectivity index (χ4n) is 1.24. The third kappa shape index (κ3) is 3.97. The molecule has 0 heterocycles. The number of carboxylic acid groups (broad SMARTS) is 1. The molecular formula is C13H18O3S. The van der Waals surface area contributed by atoms with Crippen LogP contribution in [0.25, 0.3) is 0 Å². The van der Waals surface area contributed by atoms with E-state index in [1.165, 1.54) is 11.8 Å². The summed E-state index contributed by atoms with van der Waals surface area (Å²) in [5, 5.41) is 9.04. The van der Waals surface area contributed by atoms with Crippen molar-refractivity contribution in [3.63, 3.8) is 0 Å². The van der Waals surface area contributed by atoms with Gasteiger partial charge in [-0.2, -0.15) is 0 Å². The Morgan fingerprint density at radius 2 is 2.06 bits per heavy atom. The van der Waals surface area contributed by atoms with E-state index in [-0.39, 0.29) is 0 Å². The van der Waals surface area contributed by atoms with Gasteiger partial charge in [0.05, 0.1) is 6.61 Å². The van der Waals surface area contributed by atoms with Crippen molar-refractivity contribution < 1.29 is 14.6 Å². The van der Waals surface area contributed by atoms with Crippen LogP contribution < -0.4 is 4.74 Å². The number of carbonyl (C=O) groups is 1. The Morgan fingerprint density at radius 1 is 1.41 bits per heavy atom. The average molecular weight is 254 g/mol. The first kappa shape index (κ1) is 13.9. The highest BCUT2D eigenvalue weighted by Gasteiger charge is 2.27. The number of thioether (sulfide) groups is 1. The van der Waals surface area contributed by atoms with E-state index in [1.54, 1.807) is 13.8 Å². The molecule has 0 radical (unpaired) electrons. The number of para-hydroxylation sites is 1. The number of aliphatic carboxylic acids is 1. The number of rotatable bonds is 6. The summed E-state index contributed by atoms with van der Waals surface area (Å²) in [6, 6.07) is 7.73. The molecule has 0 aromatic heterocycles. The standard InChI is InChI=1S/C13H18O3S/c1-4-16-11-8-6-5-7-10(11)9-17-13(2,3)12(14)15/h5-8H,4,9H2,1-3H3,(H,14,15). The molecule has 4 heteroatoms. The van der Waals surface area contributed by atoms with Gasteiger partial charge in [-0.3, -0.25) is 4.79 Å². The second-order valence-corrected chi connectivity index (χ2v) is 5.74. The van der Waals surface area contributed by atoms with Crippen molar-refractivity contribution in [1.29, 1.82) is 0 Å². The Hall–Kier alpha value is -1.16. The predicted molar refractivity (Wildman–Crippen MR) is 70.6 cm³/mol. The SMILES string of the molecule is CCOc1ccccc1CSC(C)(C)C(=O)O. The highest BCUT2D eigenvalue weighted by atomic mass is 32.2. The second kappa shape index (κ2) is 5.96. The summed E-state index contributed by atoms with van der Waals surface area (Å²) in [6.07, 6.45) is 0. The van der Waals surface area contributed by atoms with E-state index in [2.05, 4.69) is 0 Å². The lowest BCUT2D eigenvalue weighted by Gasteiger charge is -2.19. The molecule has 0 aliphatic heterocycles. The zero-order valence-electron chi connectivity index (χ0n) is 10.4.